The fraction of sp³-hybridized carbons (Fsp3) is 0.651. The van der Waals surface area contributed by atoms with Gasteiger partial charge in [0.25, 0.3) is 0 Å². The third-order valence-electron chi connectivity index (χ3n) is 8.31. The maximum Gasteiger partial charge on any atom is 0.340 e. The quantitative estimate of drug-likeness (QED) is 0.0395. The maximum atomic E-state index is 14.0. The highest BCUT2D eigenvalue weighted by Gasteiger charge is 2.51. The monoisotopic (exact) mass is 755 g/mol. The van der Waals surface area contributed by atoms with Crippen molar-refractivity contribution in [2.45, 2.75) is 168 Å². The molecule has 54 heavy (non-hydrogen) atoms. The first-order valence-electron chi connectivity index (χ1n) is 19.3. The van der Waals surface area contributed by atoms with E-state index in [9.17, 15) is 34.2 Å². The molecule has 11 heteroatoms. The van der Waals surface area contributed by atoms with Crippen LogP contribution >= 0.6 is 0 Å². The van der Waals surface area contributed by atoms with E-state index >= 15 is 0 Å². The summed E-state index contributed by atoms with van der Waals surface area (Å²) < 4.78 is 16.5. The summed E-state index contributed by atoms with van der Waals surface area (Å²) in [5.74, 6) is 0.138. The van der Waals surface area contributed by atoms with E-state index in [0.717, 1.165) is 38.5 Å². The molecule has 3 atom stereocenters. The lowest BCUT2D eigenvalue weighted by molar-refractivity contribution is -0.190. The minimum atomic E-state index is -2.74. The number of hydrogen-bond acceptors (Lipinski definition) is 9. The highest BCUT2D eigenvalue weighted by Crippen LogP contribution is 2.30. The van der Waals surface area contributed by atoms with E-state index in [-0.39, 0.29) is 18.8 Å². The van der Waals surface area contributed by atoms with Gasteiger partial charge in [0.05, 0.1) is 12.3 Å². The Bertz CT molecular complexity index is 1420. The van der Waals surface area contributed by atoms with Crippen LogP contribution in [0.5, 0.6) is 5.75 Å². The highest BCUT2D eigenvalue weighted by atomic mass is 16.6. The van der Waals surface area contributed by atoms with Gasteiger partial charge in [0.1, 0.15) is 35.4 Å². The van der Waals surface area contributed by atoms with E-state index in [1.807, 2.05) is 0 Å². The fourth-order valence-corrected chi connectivity index (χ4v) is 5.57. The Hall–Kier alpha value is -4.17. The molecule has 0 saturated heterocycles. The van der Waals surface area contributed by atoms with Crippen molar-refractivity contribution in [3.63, 3.8) is 0 Å². The van der Waals surface area contributed by atoms with Crippen LogP contribution in [0.1, 0.15) is 144 Å². The summed E-state index contributed by atoms with van der Waals surface area (Å²) in [5.41, 5.74) is -4.22. The van der Waals surface area contributed by atoms with Crippen LogP contribution in [0.3, 0.4) is 0 Å². The van der Waals surface area contributed by atoms with E-state index < -0.39 is 59.0 Å². The van der Waals surface area contributed by atoms with Gasteiger partial charge in [-0.05, 0) is 91.8 Å². The lowest BCUT2D eigenvalue weighted by Crippen LogP contribution is -2.57. The molecule has 1 rings (SSSR count). The standard InChI is InChI=1S/C43H65NO10/c1-9-11-13-16-19-22-33(45)23-20-17-14-15-18-21-24-35(43(51,40(50)54-42(6,7)8)31-37(46)53-41(3,4)5)38(47)44-36(39(48)49)30-32-25-27-34(28-26-32)52-29-12-10-2/h21,24-28,35-36,51H,9,11,13-20,22-23,29-31H2,1-8H3,(H,44,47)(H,48,49)/b24-21+/t35-,36+,43+/m1/s1. The van der Waals surface area contributed by atoms with E-state index in [4.69, 9.17) is 14.2 Å². The molecule has 3 N–H and O–H groups in total. The molecule has 0 saturated carbocycles. The first-order chi connectivity index (χ1) is 25.3. The first kappa shape index (κ1) is 47.9. The average molecular weight is 756 g/mol. The maximum absolute atomic E-state index is 14.0. The zero-order valence-electron chi connectivity index (χ0n) is 33.9. The van der Waals surface area contributed by atoms with Gasteiger partial charge in [-0.3, -0.25) is 14.4 Å². The summed E-state index contributed by atoms with van der Waals surface area (Å²) in [6.45, 7) is 13.7. The largest absolute Gasteiger partial charge is 0.481 e. The van der Waals surface area contributed by atoms with Crippen LogP contribution in [0.15, 0.2) is 36.4 Å². The van der Waals surface area contributed by atoms with E-state index in [0.29, 0.717) is 37.0 Å². The Labute approximate surface area is 323 Å². The van der Waals surface area contributed by atoms with Gasteiger partial charge in [0, 0.05) is 19.3 Å². The van der Waals surface area contributed by atoms with Crippen molar-refractivity contribution in [3.8, 4) is 17.6 Å². The number of carbonyl (C=O) groups excluding carboxylic acids is 4. The van der Waals surface area contributed by atoms with Gasteiger partial charge in [0.2, 0.25) is 5.91 Å². The van der Waals surface area contributed by atoms with Gasteiger partial charge in [-0.25, -0.2) is 9.59 Å². The van der Waals surface area contributed by atoms with Crippen LogP contribution in [-0.2, 0) is 39.9 Å². The number of carbonyl (C=O) groups is 5. The Morgan fingerprint density at radius 3 is 1.94 bits per heavy atom. The molecular weight excluding hydrogens is 690 g/mol. The minimum Gasteiger partial charge on any atom is -0.481 e. The summed E-state index contributed by atoms with van der Waals surface area (Å²) in [6.07, 6.45) is 12.3. The van der Waals surface area contributed by atoms with Crippen LogP contribution in [0.2, 0.25) is 0 Å². The Kier molecular flexibility index (Phi) is 21.5. The number of rotatable bonds is 25. The Morgan fingerprint density at radius 1 is 0.833 bits per heavy atom. The average Bonchev–Trinajstić information content (AvgIpc) is 3.06. The molecule has 0 aliphatic carbocycles. The second-order valence-electron chi connectivity index (χ2n) is 15.7. The van der Waals surface area contributed by atoms with Crippen molar-refractivity contribution in [1.82, 2.24) is 5.32 Å². The van der Waals surface area contributed by atoms with Gasteiger partial charge in [0.15, 0.2) is 5.60 Å². The number of aliphatic carboxylic acids is 1. The number of amides is 1. The number of ether oxygens (including phenoxy) is 3. The number of unbranched alkanes of at least 4 members (excludes halogenated alkanes) is 8. The van der Waals surface area contributed by atoms with Crippen molar-refractivity contribution >= 4 is 29.6 Å². The molecule has 0 aliphatic heterocycles. The van der Waals surface area contributed by atoms with Crippen molar-refractivity contribution in [1.29, 1.82) is 0 Å². The lowest BCUT2D eigenvalue weighted by atomic mass is 9.82. The molecule has 11 nitrogen and oxygen atoms in total. The molecule has 0 fully saturated rings. The van der Waals surface area contributed by atoms with Crippen molar-refractivity contribution in [2.24, 2.45) is 5.92 Å². The third kappa shape index (κ3) is 20.3. The molecule has 1 aromatic carbocycles. The van der Waals surface area contributed by atoms with Crippen molar-refractivity contribution in [3.05, 3.63) is 42.0 Å². The molecule has 0 spiro atoms. The predicted molar refractivity (Wildman–Crippen MR) is 209 cm³/mol. The third-order valence-corrected chi connectivity index (χ3v) is 8.31. The van der Waals surface area contributed by atoms with Gasteiger partial charge in [-0.2, -0.15) is 0 Å². The Morgan fingerprint density at radius 2 is 1.41 bits per heavy atom. The normalized spacial score (nSPS) is 13.9. The molecule has 302 valence electrons. The van der Waals surface area contributed by atoms with Gasteiger partial charge in [-0.15, -0.1) is 5.92 Å². The number of hydrogen-bond donors (Lipinski definition) is 3. The van der Waals surface area contributed by atoms with Crippen LogP contribution in [0.25, 0.3) is 0 Å². The molecule has 0 unspecified atom stereocenters. The van der Waals surface area contributed by atoms with Gasteiger partial charge in [-0.1, -0.05) is 75.7 Å². The van der Waals surface area contributed by atoms with Crippen LogP contribution < -0.4 is 10.1 Å². The number of allylic oxidation sites excluding steroid dienone is 1. The molecular formula is C43H65NO10. The zero-order valence-corrected chi connectivity index (χ0v) is 33.9. The summed E-state index contributed by atoms with van der Waals surface area (Å²) in [5, 5.41) is 24.6. The number of aliphatic hydroxyl groups is 1. The molecule has 1 amide bonds. The van der Waals surface area contributed by atoms with Crippen LogP contribution in [0.4, 0.5) is 0 Å². The van der Waals surface area contributed by atoms with E-state index in [1.165, 1.54) is 18.9 Å². The predicted octanol–water partition coefficient (Wildman–Crippen LogP) is 7.45. The first-order valence-corrected chi connectivity index (χ1v) is 19.3. The fourth-order valence-electron chi connectivity index (χ4n) is 5.57. The second-order valence-corrected chi connectivity index (χ2v) is 15.7. The lowest BCUT2D eigenvalue weighted by Gasteiger charge is -2.35. The molecule has 0 heterocycles. The molecule has 0 bridgehead atoms. The van der Waals surface area contributed by atoms with Crippen LogP contribution in [-0.4, -0.2) is 69.3 Å². The van der Waals surface area contributed by atoms with Gasteiger partial charge < -0.3 is 29.7 Å². The minimum absolute atomic E-state index is 0.120. The summed E-state index contributed by atoms with van der Waals surface area (Å²) in [6, 6.07) is 5.20. The van der Waals surface area contributed by atoms with E-state index in [1.54, 1.807) is 78.8 Å². The van der Waals surface area contributed by atoms with E-state index in [2.05, 4.69) is 24.1 Å². The number of carboxylic acid groups (broad SMARTS) is 1. The molecule has 0 aliphatic rings. The van der Waals surface area contributed by atoms with Crippen molar-refractivity contribution in [2.75, 3.05) is 6.61 Å². The number of carboxylic acids is 1. The summed E-state index contributed by atoms with van der Waals surface area (Å²) in [4.78, 5) is 65.4. The number of nitrogens with one attached hydrogen (secondary N) is 1. The number of Topliss-reactive ketones (excluding diaryl/α,β-unsaturated/α-hetero) is 1. The summed E-state index contributed by atoms with van der Waals surface area (Å²) >= 11 is 0. The zero-order chi connectivity index (χ0) is 40.8. The number of ketones is 1. The topological polar surface area (TPSA) is 166 Å². The van der Waals surface area contributed by atoms with Crippen LogP contribution in [0, 0.1) is 17.8 Å². The highest BCUT2D eigenvalue weighted by molar-refractivity contribution is 5.95. The van der Waals surface area contributed by atoms with Crippen molar-refractivity contribution < 1.29 is 48.4 Å². The SMILES string of the molecule is CC#CCOc1ccc(C[C@H](NC(=O)[C@@H](/C=C/CCCCCCC(=O)CCCCCCC)[C@@](O)(CC(=O)OC(C)(C)C)C(=O)OC(C)(C)C)C(=O)O)cc1. The second kappa shape index (κ2) is 24.3. The number of esters is 2. The Balaban J connectivity index is 3.22. The molecule has 1 aromatic rings. The smallest absolute Gasteiger partial charge is 0.340 e. The molecule has 0 radical (unpaired) electrons. The summed E-state index contributed by atoms with van der Waals surface area (Å²) in [7, 11) is 0. The number of benzene rings is 1. The van der Waals surface area contributed by atoms with Gasteiger partial charge >= 0.3 is 17.9 Å². The molecule has 0 aromatic heterocycles.